The summed E-state index contributed by atoms with van der Waals surface area (Å²) in [5.41, 5.74) is 7.55. The van der Waals surface area contributed by atoms with Crippen molar-refractivity contribution in [2.75, 3.05) is 11.9 Å². The third kappa shape index (κ3) is 3.20. The molecule has 0 spiro atoms. The smallest absolute Gasteiger partial charge is 0.256 e. The number of nitrogens with two attached hydrogens (primary N) is 1. The first kappa shape index (κ1) is 12.4. The van der Waals surface area contributed by atoms with Crippen molar-refractivity contribution in [1.29, 1.82) is 0 Å². The summed E-state index contributed by atoms with van der Waals surface area (Å²) in [4.78, 5) is 11.8. The van der Waals surface area contributed by atoms with Crippen LogP contribution in [-0.2, 0) is 0 Å². The van der Waals surface area contributed by atoms with E-state index in [0.29, 0.717) is 12.1 Å². The molecular formula is C14H12N2OS. The SMILES string of the molecule is NCC#Cc1cccc(NC(=O)c2ccsc2)c1. The molecule has 2 aromatic rings. The zero-order chi connectivity index (χ0) is 12.8. The van der Waals surface area contributed by atoms with Gasteiger partial charge in [-0.1, -0.05) is 17.9 Å². The van der Waals surface area contributed by atoms with Gasteiger partial charge < -0.3 is 11.1 Å². The van der Waals surface area contributed by atoms with Crippen LogP contribution in [0.4, 0.5) is 5.69 Å². The molecule has 3 N–H and O–H groups in total. The van der Waals surface area contributed by atoms with Crippen molar-refractivity contribution in [3.8, 4) is 11.8 Å². The molecule has 1 amide bonds. The molecule has 4 heteroatoms. The minimum Gasteiger partial charge on any atom is -0.322 e. The van der Waals surface area contributed by atoms with E-state index in [9.17, 15) is 4.79 Å². The summed E-state index contributed by atoms with van der Waals surface area (Å²) in [5.74, 6) is 5.60. The van der Waals surface area contributed by atoms with E-state index in [4.69, 9.17) is 5.73 Å². The quantitative estimate of drug-likeness (QED) is 0.810. The number of anilines is 1. The summed E-state index contributed by atoms with van der Waals surface area (Å²) >= 11 is 1.50. The van der Waals surface area contributed by atoms with Crippen LogP contribution in [0.15, 0.2) is 41.1 Å². The van der Waals surface area contributed by atoms with E-state index in [1.807, 2.05) is 35.0 Å². The van der Waals surface area contributed by atoms with Crippen LogP contribution in [0.2, 0.25) is 0 Å². The summed E-state index contributed by atoms with van der Waals surface area (Å²) in [6.07, 6.45) is 0. The van der Waals surface area contributed by atoms with E-state index in [1.165, 1.54) is 11.3 Å². The number of carbonyl (C=O) groups excluding carboxylic acids is 1. The van der Waals surface area contributed by atoms with E-state index in [-0.39, 0.29) is 5.91 Å². The van der Waals surface area contributed by atoms with Crippen LogP contribution in [0.3, 0.4) is 0 Å². The van der Waals surface area contributed by atoms with Crippen LogP contribution in [0.25, 0.3) is 0 Å². The van der Waals surface area contributed by atoms with Gasteiger partial charge in [-0.05, 0) is 29.6 Å². The molecular weight excluding hydrogens is 244 g/mol. The fraction of sp³-hybridized carbons (Fsp3) is 0.0714. The summed E-state index contributed by atoms with van der Waals surface area (Å²) in [7, 11) is 0. The molecule has 3 nitrogen and oxygen atoms in total. The van der Waals surface area contributed by atoms with Crippen LogP contribution in [0.1, 0.15) is 15.9 Å². The standard InChI is InChI=1S/C14H12N2OS/c15-7-2-4-11-3-1-5-13(9-11)16-14(17)12-6-8-18-10-12/h1,3,5-6,8-10H,7,15H2,(H,16,17). The van der Waals surface area contributed by atoms with Gasteiger partial charge in [-0.3, -0.25) is 4.79 Å². The Bertz CT molecular complexity index is 594. The predicted molar refractivity (Wildman–Crippen MR) is 74.6 cm³/mol. The molecule has 0 saturated carbocycles. The Balaban J connectivity index is 2.12. The van der Waals surface area contributed by atoms with Crippen LogP contribution in [0.5, 0.6) is 0 Å². The molecule has 18 heavy (non-hydrogen) atoms. The fourth-order valence-electron chi connectivity index (χ4n) is 1.42. The monoisotopic (exact) mass is 256 g/mol. The van der Waals surface area contributed by atoms with E-state index >= 15 is 0 Å². The first-order valence-electron chi connectivity index (χ1n) is 5.42. The fourth-order valence-corrected chi connectivity index (χ4v) is 2.06. The maximum atomic E-state index is 11.8. The Kier molecular flexibility index (Phi) is 4.13. The lowest BCUT2D eigenvalue weighted by Crippen LogP contribution is -2.10. The van der Waals surface area contributed by atoms with Crippen LogP contribution in [0, 0.1) is 11.8 Å². The Morgan fingerprint density at radius 1 is 1.39 bits per heavy atom. The van der Waals surface area contributed by atoms with Crippen LogP contribution in [-0.4, -0.2) is 12.5 Å². The summed E-state index contributed by atoms with van der Waals surface area (Å²) < 4.78 is 0. The maximum Gasteiger partial charge on any atom is 0.256 e. The molecule has 0 aliphatic rings. The van der Waals surface area contributed by atoms with Crippen LogP contribution < -0.4 is 11.1 Å². The van der Waals surface area contributed by atoms with Gasteiger partial charge in [0.1, 0.15) is 0 Å². The molecule has 2 rings (SSSR count). The molecule has 0 aliphatic carbocycles. The van der Waals surface area contributed by atoms with E-state index < -0.39 is 0 Å². The van der Waals surface area contributed by atoms with Gasteiger partial charge in [-0.2, -0.15) is 11.3 Å². The molecule has 0 bridgehead atoms. The maximum absolute atomic E-state index is 11.8. The topological polar surface area (TPSA) is 55.1 Å². The summed E-state index contributed by atoms with van der Waals surface area (Å²) in [6.45, 7) is 0.325. The first-order chi connectivity index (χ1) is 8.79. The molecule has 1 heterocycles. The van der Waals surface area contributed by atoms with Gasteiger partial charge in [0.05, 0.1) is 12.1 Å². The minimum atomic E-state index is -0.111. The van der Waals surface area contributed by atoms with Crippen molar-refractivity contribution in [1.82, 2.24) is 0 Å². The Labute approximate surface area is 110 Å². The number of thiophene rings is 1. The number of rotatable bonds is 2. The van der Waals surface area contributed by atoms with E-state index in [1.54, 1.807) is 6.07 Å². The predicted octanol–water partition coefficient (Wildman–Crippen LogP) is 2.31. The highest BCUT2D eigenvalue weighted by Gasteiger charge is 2.05. The van der Waals surface area contributed by atoms with Gasteiger partial charge in [-0.15, -0.1) is 0 Å². The molecule has 1 aromatic heterocycles. The van der Waals surface area contributed by atoms with Crippen molar-refractivity contribution in [2.45, 2.75) is 0 Å². The third-order valence-corrected chi connectivity index (χ3v) is 2.92. The highest BCUT2D eigenvalue weighted by atomic mass is 32.1. The van der Waals surface area contributed by atoms with E-state index in [0.717, 1.165) is 11.3 Å². The highest BCUT2D eigenvalue weighted by Crippen LogP contribution is 2.13. The van der Waals surface area contributed by atoms with E-state index in [2.05, 4.69) is 17.2 Å². The molecule has 0 aliphatic heterocycles. The molecule has 1 aromatic carbocycles. The van der Waals surface area contributed by atoms with Crippen molar-refractivity contribution in [3.05, 3.63) is 52.2 Å². The molecule has 0 fully saturated rings. The van der Waals surface area contributed by atoms with Gasteiger partial charge in [0.2, 0.25) is 0 Å². The highest BCUT2D eigenvalue weighted by molar-refractivity contribution is 7.08. The Morgan fingerprint density at radius 3 is 3.00 bits per heavy atom. The van der Waals surface area contributed by atoms with Gasteiger partial charge in [0.15, 0.2) is 0 Å². The minimum absolute atomic E-state index is 0.111. The lowest BCUT2D eigenvalue weighted by Gasteiger charge is -2.03. The zero-order valence-electron chi connectivity index (χ0n) is 9.64. The summed E-state index contributed by atoms with van der Waals surface area (Å²) in [5, 5.41) is 6.52. The number of hydrogen-bond acceptors (Lipinski definition) is 3. The van der Waals surface area contributed by atoms with Gasteiger partial charge in [0, 0.05) is 16.6 Å². The summed E-state index contributed by atoms with van der Waals surface area (Å²) in [6, 6.07) is 9.18. The van der Waals surface area contributed by atoms with Crippen LogP contribution >= 0.6 is 11.3 Å². The average molecular weight is 256 g/mol. The number of benzene rings is 1. The second-order valence-corrected chi connectivity index (χ2v) is 4.33. The normalized spacial score (nSPS) is 9.39. The molecule has 90 valence electrons. The number of carbonyl (C=O) groups is 1. The number of nitrogens with one attached hydrogen (secondary N) is 1. The number of amides is 1. The van der Waals surface area contributed by atoms with Crippen molar-refractivity contribution in [2.24, 2.45) is 5.73 Å². The Hall–Kier alpha value is -2.09. The molecule has 0 unspecified atom stereocenters. The Morgan fingerprint density at radius 2 is 2.28 bits per heavy atom. The second kappa shape index (κ2) is 6.01. The number of hydrogen-bond donors (Lipinski definition) is 2. The third-order valence-electron chi connectivity index (χ3n) is 2.24. The van der Waals surface area contributed by atoms with Gasteiger partial charge in [0.25, 0.3) is 5.91 Å². The lowest BCUT2D eigenvalue weighted by atomic mass is 10.2. The average Bonchev–Trinajstić information content (AvgIpc) is 2.91. The lowest BCUT2D eigenvalue weighted by molar-refractivity contribution is 0.102. The van der Waals surface area contributed by atoms with Crippen molar-refractivity contribution >= 4 is 22.9 Å². The molecule has 0 atom stereocenters. The first-order valence-corrected chi connectivity index (χ1v) is 6.36. The molecule has 0 saturated heterocycles. The second-order valence-electron chi connectivity index (χ2n) is 3.55. The molecule has 0 radical (unpaired) electrons. The van der Waals surface area contributed by atoms with Crippen molar-refractivity contribution in [3.63, 3.8) is 0 Å². The van der Waals surface area contributed by atoms with Gasteiger partial charge >= 0.3 is 0 Å². The van der Waals surface area contributed by atoms with Gasteiger partial charge in [-0.25, -0.2) is 0 Å². The largest absolute Gasteiger partial charge is 0.322 e. The zero-order valence-corrected chi connectivity index (χ0v) is 10.5. The van der Waals surface area contributed by atoms with Crippen molar-refractivity contribution < 1.29 is 4.79 Å².